The summed E-state index contributed by atoms with van der Waals surface area (Å²) in [5.41, 5.74) is 6.82. The Morgan fingerprint density at radius 2 is 1.90 bits per heavy atom. The monoisotopic (exact) mass is 277 g/mol. The molecule has 0 bridgehead atoms. The maximum atomic E-state index is 8.74. The van der Waals surface area contributed by atoms with Crippen LogP contribution in [0.5, 0.6) is 0 Å². The van der Waals surface area contributed by atoms with Gasteiger partial charge in [0.1, 0.15) is 5.84 Å². The van der Waals surface area contributed by atoms with E-state index in [1.807, 2.05) is 19.9 Å². The topological polar surface area (TPSA) is 61.8 Å². The van der Waals surface area contributed by atoms with Gasteiger partial charge in [-0.25, -0.2) is 0 Å². The van der Waals surface area contributed by atoms with Crippen LogP contribution in [-0.2, 0) is 6.42 Å². The summed E-state index contributed by atoms with van der Waals surface area (Å²) in [4.78, 5) is 2.33. The van der Waals surface area contributed by atoms with Gasteiger partial charge in [-0.15, -0.1) is 0 Å². The zero-order chi connectivity index (χ0) is 15.0. The number of rotatable bonds is 8. The van der Waals surface area contributed by atoms with Gasteiger partial charge in [0, 0.05) is 12.0 Å². The smallest absolute Gasteiger partial charge is 0.144 e. The van der Waals surface area contributed by atoms with Gasteiger partial charge in [0.25, 0.3) is 0 Å². The van der Waals surface area contributed by atoms with Crippen molar-refractivity contribution in [2.75, 3.05) is 20.1 Å². The van der Waals surface area contributed by atoms with Crippen LogP contribution in [0, 0.1) is 5.41 Å². The molecule has 0 saturated carbocycles. The van der Waals surface area contributed by atoms with E-state index in [1.165, 1.54) is 5.56 Å². The molecule has 0 aliphatic rings. The molecular formula is C16H27N3O. The van der Waals surface area contributed by atoms with Gasteiger partial charge in [0.05, 0.1) is 0 Å². The van der Waals surface area contributed by atoms with E-state index < -0.39 is 0 Å². The van der Waals surface area contributed by atoms with Crippen LogP contribution in [0.25, 0.3) is 0 Å². The minimum absolute atomic E-state index is 0.241. The molecule has 0 fully saturated rings. The molecule has 0 aliphatic carbocycles. The normalized spacial score (nSPS) is 12.9. The lowest BCUT2D eigenvalue weighted by molar-refractivity contribution is 0.292. The lowest BCUT2D eigenvalue weighted by atomic mass is 9.86. The van der Waals surface area contributed by atoms with Crippen molar-refractivity contribution in [3.63, 3.8) is 0 Å². The fourth-order valence-corrected chi connectivity index (χ4v) is 2.13. The number of amidine groups is 1. The largest absolute Gasteiger partial charge is 0.409 e. The molecule has 0 unspecified atom stereocenters. The third kappa shape index (κ3) is 5.61. The quantitative estimate of drug-likeness (QED) is 0.332. The molecule has 0 radical (unpaired) electrons. The molecule has 3 N–H and O–H groups in total. The fraction of sp³-hybridized carbons (Fsp3) is 0.562. The Morgan fingerprint density at radius 1 is 1.25 bits per heavy atom. The highest BCUT2D eigenvalue weighted by molar-refractivity contribution is 5.85. The Labute approximate surface area is 122 Å². The number of nitrogens with zero attached hydrogens (tertiary/aromatic N) is 2. The van der Waals surface area contributed by atoms with E-state index in [9.17, 15) is 0 Å². The molecule has 0 spiro atoms. The summed E-state index contributed by atoms with van der Waals surface area (Å²) in [5, 5.41) is 11.9. The minimum Gasteiger partial charge on any atom is -0.409 e. The molecule has 4 nitrogen and oxygen atoms in total. The van der Waals surface area contributed by atoms with Crippen LogP contribution in [-0.4, -0.2) is 36.1 Å². The molecule has 0 amide bonds. The third-order valence-corrected chi connectivity index (χ3v) is 3.77. The summed E-state index contributed by atoms with van der Waals surface area (Å²) in [6.07, 6.45) is 3.02. The van der Waals surface area contributed by atoms with Crippen LogP contribution in [0.4, 0.5) is 0 Å². The summed E-state index contributed by atoms with van der Waals surface area (Å²) in [6, 6.07) is 10.5. The van der Waals surface area contributed by atoms with E-state index in [2.05, 4.69) is 41.4 Å². The molecule has 112 valence electrons. The summed E-state index contributed by atoms with van der Waals surface area (Å²) in [7, 11) is 2.14. The Morgan fingerprint density at radius 3 is 2.50 bits per heavy atom. The van der Waals surface area contributed by atoms with Crippen molar-refractivity contribution in [2.24, 2.45) is 16.3 Å². The van der Waals surface area contributed by atoms with E-state index in [0.717, 1.165) is 32.4 Å². The van der Waals surface area contributed by atoms with Crippen molar-refractivity contribution in [3.8, 4) is 0 Å². The Bertz CT molecular complexity index is 415. The van der Waals surface area contributed by atoms with Crippen LogP contribution >= 0.6 is 0 Å². The van der Waals surface area contributed by atoms with Crippen LogP contribution in [0.1, 0.15) is 32.3 Å². The minimum atomic E-state index is -0.241. The number of oxime groups is 1. The highest BCUT2D eigenvalue weighted by atomic mass is 16.4. The van der Waals surface area contributed by atoms with Gasteiger partial charge in [-0.3, -0.25) is 0 Å². The Kier molecular flexibility index (Phi) is 6.52. The van der Waals surface area contributed by atoms with Crippen LogP contribution < -0.4 is 5.73 Å². The molecular weight excluding hydrogens is 250 g/mol. The molecule has 1 rings (SSSR count). The molecule has 4 heteroatoms. The summed E-state index contributed by atoms with van der Waals surface area (Å²) in [5.74, 6) is 0.310. The molecule has 0 atom stereocenters. The van der Waals surface area contributed by atoms with Gasteiger partial charge in [0.15, 0.2) is 0 Å². The number of likely N-dealkylation sites (N-methyl/N-ethyl adjacent to an activating group) is 1. The number of hydrogen-bond donors (Lipinski definition) is 2. The van der Waals surface area contributed by atoms with Gasteiger partial charge in [-0.2, -0.15) is 0 Å². The SMILES string of the molecule is CN(CCCC(C)(C)C(N)=NO)CCc1ccccc1. The van der Waals surface area contributed by atoms with E-state index in [1.54, 1.807) is 0 Å². The second-order valence-corrected chi connectivity index (χ2v) is 6.01. The molecule has 1 aromatic rings. The zero-order valence-electron chi connectivity index (χ0n) is 12.8. The van der Waals surface area contributed by atoms with Crippen molar-refractivity contribution in [2.45, 2.75) is 33.1 Å². The van der Waals surface area contributed by atoms with E-state index in [4.69, 9.17) is 10.9 Å². The maximum Gasteiger partial charge on any atom is 0.144 e. The van der Waals surface area contributed by atoms with E-state index in [0.29, 0.717) is 5.84 Å². The van der Waals surface area contributed by atoms with Crippen molar-refractivity contribution in [1.82, 2.24) is 4.90 Å². The van der Waals surface area contributed by atoms with Crippen molar-refractivity contribution in [3.05, 3.63) is 35.9 Å². The molecule has 0 aliphatic heterocycles. The Balaban J connectivity index is 2.25. The average Bonchev–Trinajstić information content (AvgIpc) is 2.45. The number of hydrogen-bond acceptors (Lipinski definition) is 3. The maximum absolute atomic E-state index is 8.74. The lowest BCUT2D eigenvalue weighted by Crippen LogP contribution is -2.33. The first kappa shape index (κ1) is 16.5. The average molecular weight is 277 g/mol. The first-order valence-electron chi connectivity index (χ1n) is 7.16. The van der Waals surface area contributed by atoms with Gasteiger partial charge in [0.2, 0.25) is 0 Å². The molecule has 0 saturated heterocycles. The van der Waals surface area contributed by atoms with Crippen molar-refractivity contribution < 1.29 is 5.21 Å². The summed E-state index contributed by atoms with van der Waals surface area (Å²) < 4.78 is 0. The van der Waals surface area contributed by atoms with Crippen LogP contribution in [0.15, 0.2) is 35.5 Å². The molecule has 0 heterocycles. The van der Waals surface area contributed by atoms with Crippen molar-refractivity contribution >= 4 is 5.84 Å². The number of benzene rings is 1. The van der Waals surface area contributed by atoms with Crippen molar-refractivity contribution in [1.29, 1.82) is 0 Å². The highest BCUT2D eigenvalue weighted by Crippen LogP contribution is 2.22. The predicted octanol–water partition coefficient (Wildman–Crippen LogP) is 2.71. The summed E-state index contributed by atoms with van der Waals surface area (Å²) in [6.45, 7) is 6.08. The predicted molar refractivity (Wildman–Crippen MR) is 84.1 cm³/mol. The van der Waals surface area contributed by atoms with Gasteiger partial charge < -0.3 is 15.8 Å². The van der Waals surface area contributed by atoms with Gasteiger partial charge in [-0.05, 0) is 38.4 Å². The zero-order valence-corrected chi connectivity index (χ0v) is 12.8. The second kappa shape index (κ2) is 7.90. The highest BCUT2D eigenvalue weighted by Gasteiger charge is 2.22. The molecule has 0 aromatic heterocycles. The van der Waals surface area contributed by atoms with Gasteiger partial charge >= 0.3 is 0 Å². The fourth-order valence-electron chi connectivity index (χ4n) is 2.13. The van der Waals surface area contributed by atoms with E-state index in [-0.39, 0.29) is 5.41 Å². The third-order valence-electron chi connectivity index (χ3n) is 3.77. The molecule has 1 aromatic carbocycles. The Hall–Kier alpha value is -1.55. The van der Waals surface area contributed by atoms with Gasteiger partial charge in [-0.1, -0.05) is 49.3 Å². The lowest BCUT2D eigenvalue weighted by Gasteiger charge is -2.24. The first-order valence-corrected chi connectivity index (χ1v) is 7.16. The first-order chi connectivity index (χ1) is 9.45. The summed E-state index contributed by atoms with van der Waals surface area (Å²) >= 11 is 0. The van der Waals surface area contributed by atoms with Crippen LogP contribution in [0.2, 0.25) is 0 Å². The van der Waals surface area contributed by atoms with Crippen LogP contribution in [0.3, 0.4) is 0 Å². The number of nitrogens with two attached hydrogens (primary N) is 1. The standard InChI is InChI=1S/C16H27N3O/c1-16(2,15(17)18-20)11-7-12-19(3)13-10-14-8-5-4-6-9-14/h4-6,8-9,20H,7,10-13H2,1-3H3,(H2,17,18). The second-order valence-electron chi connectivity index (χ2n) is 6.01. The molecule has 20 heavy (non-hydrogen) atoms. The van der Waals surface area contributed by atoms with E-state index >= 15 is 0 Å².